The molecule has 2 amide bonds. The topological polar surface area (TPSA) is 53.5 Å². The van der Waals surface area contributed by atoms with Crippen molar-refractivity contribution in [1.82, 2.24) is 14.8 Å². The number of aromatic nitrogens is 1. The molecule has 0 fully saturated rings. The maximum atomic E-state index is 14.5. The summed E-state index contributed by atoms with van der Waals surface area (Å²) in [6.45, 7) is 3.51. The molecule has 1 aliphatic heterocycles. The second kappa shape index (κ2) is 14.0. The molecule has 224 valence electrons. The summed E-state index contributed by atoms with van der Waals surface area (Å²) in [6, 6.07) is 39.6. The smallest absolute Gasteiger partial charge is 0.247 e. The summed E-state index contributed by atoms with van der Waals surface area (Å²) in [6.07, 6.45) is 6.44. The Morgan fingerprint density at radius 2 is 1.51 bits per heavy atom. The van der Waals surface area contributed by atoms with Gasteiger partial charge in [-0.3, -0.25) is 14.6 Å². The van der Waals surface area contributed by atoms with Crippen LogP contribution < -0.4 is 0 Å². The number of nitrogens with zero attached hydrogens (tertiary/aromatic N) is 3. The predicted molar refractivity (Wildman–Crippen MR) is 180 cm³/mol. The molecule has 5 aromatic rings. The molecular weight excluding hydrogens is 554 g/mol. The summed E-state index contributed by atoms with van der Waals surface area (Å²) in [5.74, 6) is -0.230. The minimum atomic E-state index is -0.678. The molecule has 5 nitrogen and oxygen atoms in total. The van der Waals surface area contributed by atoms with Gasteiger partial charge >= 0.3 is 0 Å². The minimum absolute atomic E-state index is 0.0319. The van der Waals surface area contributed by atoms with Crippen molar-refractivity contribution in [2.24, 2.45) is 0 Å². The maximum Gasteiger partial charge on any atom is 0.247 e. The number of hydrogen-bond acceptors (Lipinski definition) is 3. The van der Waals surface area contributed by atoms with Gasteiger partial charge in [-0.05, 0) is 59.4 Å². The number of hydrogen-bond donors (Lipinski definition) is 0. The van der Waals surface area contributed by atoms with Crippen LogP contribution in [0, 0.1) is 6.92 Å². The molecule has 2 heterocycles. The van der Waals surface area contributed by atoms with Crippen LogP contribution in [0.3, 0.4) is 0 Å². The highest BCUT2D eigenvalue weighted by molar-refractivity contribution is 5.96. The monoisotopic (exact) mass is 591 g/mol. The quantitative estimate of drug-likeness (QED) is 0.169. The second-order valence-corrected chi connectivity index (χ2v) is 11.6. The van der Waals surface area contributed by atoms with E-state index in [1.807, 2.05) is 121 Å². The van der Waals surface area contributed by atoms with Crippen molar-refractivity contribution in [2.45, 2.75) is 38.9 Å². The second-order valence-electron chi connectivity index (χ2n) is 11.6. The number of aryl methyl sites for hydroxylation is 1. The summed E-state index contributed by atoms with van der Waals surface area (Å²) in [5, 5.41) is 0. The van der Waals surface area contributed by atoms with Crippen molar-refractivity contribution in [3.8, 4) is 11.3 Å². The van der Waals surface area contributed by atoms with E-state index < -0.39 is 6.04 Å². The number of fused-ring (bicyclic) bond motifs is 1. The third kappa shape index (κ3) is 7.44. The van der Waals surface area contributed by atoms with E-state index in [2.05, 4.69) is 23.2 Å². The average Bonchev–Trinajstić information content (AvgIpc) is 3.10. The highest BCUT2D eigenvalue weighted by Crippen LogP contribution is 2.24. The molecule has 0 spiro atoms. The standard InChI is InChI=1S/C40H37N3O2/c1-30-14-16-31(17-15-30)20-23-39(44)43(28-33-18-21-35(22-19-33)37-13-7-8-25-41-37)38(27-32-9-3-2-4-10-32)40(45)42-26-24-34-11-5-6-12-36(34)29-42/h2-23,25,38H,24,26-29H2,1H3/b23-20+/t38-/m0/s1. The average molecular weight is 592 g/mol. The van der Waals surface area contributed by atoms with Crippen molar-refractivity contribution in [1.29, 1.82) is 0 Å². The number of pyridine rings is 1. The van der Waals surface area contributed by atoms with Crippen molar-refractivity contribution >= 4 is 17.9 Å². The zero-order chi connectivity index (χ0) is 31.0. The highest BCUT2D eigenvalue weighted by atomic mass is 16.2. The first-order valence-corrected chi connectivity index (χ1v) is 15.5. The minimum Gasteiger partial charge on any atom is -0.336 e. The molecule has 1 aliphatic rings. The SMILES string of the molecule is Cc1ccc(/C=C/C(=O)N(Cc2ccc(-c3ccccn3)cc2)[C@@H](Cc2ccccc2)C(=O)N2CCc3ccccc3C2)cc1. The van der Waals surface area contributed by atoms with E-state index in [1.165, 1.54) is 5.56 Å². The normalized spacial score (nSPS) is 13.3. The Morgan fingerprint density at radius 3 is 2.24 bits per heavy atom. The van der Waals surface area contributed by atoms with E-state index in [1.54, 1.807) is 17.2 Å². The lowest BCUT2D eigenvalue weighted by molar-refractivity contribution is -0.144. The molecule has 6 rings (SSSR count). The largest absolute Gasteiger partial charge is 0.336 e. The number of benzene rings is 4. The fraction of sp³-hybridized carbons (Fsp3) is 0.175. The van der Waals surface area contributed by atoms with Crippen molar-refractivity contribution in [3.63, 3.8) is 0 Å². The third-order valence-electron chi connectivity index (χ3n) is 8.42. The van der Waals surface area contributed by atoms with E-state index in [0.29, 0.717) is 26.1 Å². The summed E-state index contributed by atoms with van der Waals surface area (Å²) in [4.78, 5) is 36.8. The summed E-state index contributed by atoms with van der Waals surface area (Å²) in [5.41, 5.74) is 8.39. The predicted octanol–water partition coefficient (Wildman–Crippen LogP) is 7.30. The Labute approximate surface area is 265 Å². The molecule has 0 N–H and O–H groups in total. The summed E-state index contributed by atoms with van der Waals surface area (Å²) < 4.78 is 0. The first-order chi connectivity index (χ1) is 22.0. The van der Waals surface area contributed by atoms with E-state index >= 15 is 0 Å². The fourth-order valence-corrected chi connectivity index (χ4v) is 5.86. The fourth-order valence-electron chi connectivity index (χ4n) is 5.86. The zero-order valence-electron chi connectivity index (χ0n) is 25.6. The maximum absolute atomic E-state index is 14.5. The molecular formula is C40H37N3O2. The van der Waals surface area contributed by atoms with E-state index in [0.717, 1.165) is 45.5 Å². The van der Waals surface area contributed by atoms with Gasteiger partial charge in [0.25, 0.3) is 0 Å². The van der Waals surface area contributed by atoms with Gasteiger partial charge in [-0.15, -0.1) is 0 Å². The van der Waals surface area contributed by atoms with Crippen LogP contribution in [0.2, 0.25) is 0 Å². The molecule has 0 unspecified atom stereocenters. The Hall–Kier alpha value is -5.29. The number of amides is 2. The molecule has 1 atom stereocenters. The molecule has 0 bridgehead atoms. The number of carbonyl (C=O) groups is 2. The van der Waals surface area contributed by atoms with E-state index in [9.17, 15) is 9.59 Å². The Kier molecular flexibility index (Phi) is 9.26. The number of carbonyl (C=O) groups excluding carboxylic acids is 2. The van der Waals surface area contributed by atoms with Crippen LogP contribution in [0.25, 0.3) is 17.3 Å². The molecule has 4 aromatic carbocycles. The van der Waals surface area contributed by atoms with Crippen LogP contribution >= 0.6 is 0 Å². The van der Waals surface area contributed by atoms with Crippen molar-refractivity contribution < 1.29 is 9.59 Å². The highest BCUT2D eigenvalue weighted by Gasteiger charge is 2.34. The van der Waals surface area contributed by atoms with Crippen molar-refractivity contribution in [2.75, 3.05) is 6.54 Å². The molecule has 0 aliphatic carbocycles. The number of rotatable bonds is 9. The van der Waals surface area contributed by atoms with Crippen LogP contribution in [0.5, 0.6) is 0 Å². The third-order valence-corrected chi connectivity index (χ3v) is 8.42. The van der Waals surface area contributed by atoms with Gasteiger partial charge in [-0.25, -0.2) is 0 Å². The molecule has 1 aromatic heterocycles. The van der Waals surface area contributed by atoms with Gasteiger partial charge in [0.15, 0.2) is 0 Å². The van der Waals surface area contributed by atoms with Gasteiger partial charge in [-0.1, -0.05) is 115 Å². The van der Waals surface area contributed by atoms with E-state index in [4.69, 9.17) is 0 Å². The summed E-state index contributed by atoms with van der Waals surface area (Å²) >= 11 is 0. The van der Waals surface area contributed by atoms with Crippen LogP contribution in [-0.4, -0.2) is 39.2 Å². The van der Waals surface area contributed by atoms with Crippen LogP contribution in [-0.2, 0) is 35.5 Å². The van der Waals surface area contributed by atoms with Crippen LogP contribution in [0.1, 0.15) is 33.4 Å². The molecule has 0 saturated heterocycles. The van der Waals surface area contributed by atoms with E-state index in [-0.39, 0.29) is 11.8 Å². The van der Waals surface area contributed by atoms with Gasteiger partial charge in [0.1, 0.15) is 6.04 Å². The first-order valence-electron chi connectivity index (χ1n) is 15.5. The van der Waals surface area contributed by atoms with Gasteiger partial charge in [0.05, 0.1) is 5.69 Å². The molecule has 0 radical (unpaired) electrons. The Morgan fingerprint density at radius 1 is 0.800 bits per heavy atom. The van der Waals surface area contributed by atoms with Crippen LogP contribution in [0.15, 0.2) is 134 Å². The van der Waals surface area contributed by atoms with Crippen molar-refractivity contribution in [3.05, 3.63) is 167 Å². The molecule has 0 saturated carbocycles. The van der Waals surface area contributed by atoms with Gasteiger partial charge in [0.2, 0.25) is 11.8 Å². The summed E-state index contributed by atoms with van der Waals surface area (Å²) in [7, 11) is 0. The first kappa shape index (κ1) is 29.8. The molecule has 45 heavy (non-hydrogen) atoms. The zero-order valence-corrected chi connectivity index (χ0v) is 25.6. The lowest BCUT2D eigenvalue weighted by atomic mass is 9.97. The van der Waals surface area contributed by atoms with Gasteiger partial charge < -0.3 is 9.80 Å². The lowest BCUT2D eigenvalue weighted by Gasteiger charge is -2.37. The Balaban J connectivity index is 1.34. The Bertz CT molecular complexity index is 1760. The van der Waals surface area contributed by atoms with Gasteiger partial charge in [-0.2, -0.15) is 0 Å². The van der Waals surface area contributed by atoms with Crippen LogP contribution in [0.4, 0.5) is 0 Å². The lowest BCUT2D eigenvalue weighted by Crippen LogP contribution is -2.52. The molecule has 5 heteroatoms. The van der Waals surface area contributed by atoms with Gasteiger partial charge in [0, 0.05) is 43.9 Å².